The molecule has 2 nitrogen and oxygen atoms in total. The van der Waals surface area contributed by atoms with E-state index in [0.717, 1.165) is 12.0 Å². The third-order valence-electron chi connectivity index (χ3n) is 2.70. The van der Waals surface area contributed by atoms with Crippen LogP contribution in [0, 0.1) is 0 Å². The number of benzene rings is 1. The average molecular weight is 271 g/mol. The number of nitrogens with one attached hydrogen (secondary N) is 1. The monoisotopic (exact) mass is 270 g/mol. The van der Waals surface area contributed by atoms with E-state index in [1.807, 2.05) is 31.5 Å². The van der Waals surface area contributed by atoms with Gasteiger partial charge in [0.15, 0.2) is 0 Å². The van der Waals surface area contributed by atoms with Crippen molar-refractivity contribution in [2.45, 2.75) is 12.0 Å². The van der Waals surface area contributed by atoms with Crippen LogP contribution in [0.4, 0.5) is 0 Å². The van der Waals surface area contributed by atoms with Crippen molar-refractivity contribution in [3.63, 3.8) is 0 Å². The first kappa shape index (κ1) is 14.2. The summed E-state index contributed by atoms with van der Waals surface area (Å²) in [5.41, 5.74) is 0.630. The van der Waals surface area contributed by atoms with Crippen LogP contribution in [0.1, 0.15) is 12.0 Å². The van der Waals surface area contributed by atoms with Crippen molar-refractivity contribution in [3.05, 3.63) is 46.5 Å². The maximum absolute atomic E-state index is 6.05. The summed E-state index contributed by atoms with van der Waals surface area (Å²) < 4.78 is 0. The third kappa shape index (κ3) is 3.09. The molecular formula is C13H16Cl2N2. The van der Waals surface area contributed by atoms with Crippen molar-refractivity contribution in [3.8, 4) is 0 Å². The Labute approximate surface area is 112 Å². The Morgan fingerprint density at radius 1 is 1.41 bits per heavy atom. The molecule has 0 aliphatic heterocycles. The fraction of sp³-hybridized carbons (Fsp3) is 0.308. The van der Waals surface area contributed by atoms with Gasteiger partial charge < -0.3 is 5.32 Å². The predicted octanol–water partition coefficient (Wildman–Crippen LogP) is 3.68. The van der Waals surface area contributed by atoms with Crippen molar-refractivity contribution in [1.29, 1.82) is 0 Å². The van der Waals surface area contributed by atoms with Crippen molar-refractivity contribution in [2.75, 3.05) is 14.1 Å². The average Bonchev–Trinajstić information content (AvgIpc) is 2.32. The van der Waals surface area contributed by atoms with Crippen LogP contribution in [-0.2, 0) is 5.54 Å². The van der Waals surface area contributed by atoms with Gasteiger partial charge in [-0.1, -0.05) is 35.3 Å². The molecule has 0 amide bonds. The van der Waals surface area contributed by atoms with E-state index in [1.165, 1.54) is 0 Å². The highest BCUT2D eigenvalue weighted by Gasteiger charge is 2.27. The second-order valence-electron chi connectivity index (χ2n) is 3.73. The lowest BCUT2D eigenvalue weighted by molar-refractivity contribution is 0.507. The van der Waals surface area contributed by atoms with Crippen molar-refractivity contribution in [2.24, 2.45) is 4.99 Å². The van der Waals surface area contributed by atoms with Gasteiger partial charge in [0.2, 0.25) is 0 Å². The Hall–Kier alpha value is -0.830. The molecule has 92 valence electrons. The van der Waals surface area contributed by atoms with E-state index in [0.29, 0.717) is 10.0 Å². The van der Waals surface area contributed by atoms with Gasteiger partial charge in [0.1, 0.15) is 0 Å². The molecule has 0 bridgehead atoms. The molecule has 1 N–H and O–H groups in total. The standard InChI is InChI=1S/C13H16Cl2N2/c1-4-7-13(17-3,9-16-2)10-5-6-11(14)12(15)8-10/h4-6,8-9,17H,1,7H2,2-3H3/t13-/m1/s1. The van der Waals surface area contributed by atoms with Gasteiger partial charge in [-0.3, -0.25) is 4.99 Å². The molecule has 1 atom stereocenters. The number of nitrogens with zero attached hydrogens (tertiary/aromatic N) is 1. The topological polar surface area (TPSA) is 24.4 Å². The van der Waals surface area contributed by atoms with E-state index < -0.39 is 0 Å². The summed E-state index contributed by atoms with van der Waals surface area (Å²) in [5, 5.41) is 4.35. The molecule has 0 aliphatic rings. The van der Waals surface area contributed by atoms with E-state index in [2.05, 4.69) is 16.9 Å². The molecule has 0 radical (unpaired) electrons. The largest absolute Gasteiger partial charge is 0.306 e. The van der Waals surface area contributed by atoms with Crippen molar-refractivity contribution < 1.29 is 0 Å². The van der Waals surface area contributed by atoms with Crippen LogP contribution in [0.2, 0.25) is 10.0 Å². The van der Waals surface area contributed by atoms with Gasteiger partial charge in [0.05, 0.1) is 15.6 Å². The summed E-state index contributed by atoms with van der Waals surface area (Å²) in [6.07, 6.45) is 4.42. The van der Waals surface area contributed by atoms with E-state index in [4.69, 9.17) is 23.2 Å². The number of halogens is 2. The molecule has 0 aromatic heterocycles. The highest BCUT2D eigenvalue weighted by atomic mass is 35.5. The lowest BCUT2D eigenvalue weighted by atomic mass is 9.88. The second-order valence-corrected chi connectivity index (χ2v) is 4.54. The molecule has 1 aromatic rings. The summed E-state index contributed by atoms with van der Waals surface area (Å²) in [6, 6.07) is 5.58. The molecule has 0 unspecified atom stereocenters. The van der Waals surface area contributed by atoms with Crippen molar-refractivity contribution >= 4 is 29.4 Å². The molecule has 0 saturated carbocycles. The van der Waals surface area contributed by atoms with Crippen LogP contribution in [0.5, 0.6) is 0 Å². The summed E-state index contributed by atoms with van der Waals surface area (Å²) >= 11 is 12.0. The molecular weight excluding hydrogens is 255 g/mol. The molecule has 0 aliphatic carbocycles. The van der Waals surface area contributed by atoms with Crippen molar-refractivity contribution in [1.82, 2.24) is 5.32 Å². The summed E-state index contributed by atoms with van der Waals surface area (Å²) in [6.45, 7) is 3.78. The maximum atomic E-state index is 6.05. The highest BCUT2D eigenvalue weighted by Crippen LogP contribution is 2.30. The molecule has 0 heterocycles. The fourth-order valence-electron chi connectivity index (χ4n) is 1.78. The highest BCUT2D eigenvalue weighted by molar-refractivity contribution is 6.42. The SMILES string of the molecule is C=CC[C@](C=NC)(NC)c1ccc(Cl)c(Cl)c1. The Balaban J connectivity index is 3.29. The maximum Gasteiger partial charge on any atom is 0.0821 e. The Morgan fingerprint density at radius 2 is 2.12 bits per heavy atom. The summed E-state index contributed by atoms with van der Waals surface area (Å²) in [7, 11) is 3.63. The van der Waals surface area contributed by atoms with E-state index in [-0.39, 0.29) is 5.54 Å². The number of rotatable bonds is 5. The molecule has 0 saturated heterocycles. The smallest absolute Gasteiger partial charge is 0.0821 e. The molecule has 4 heteroatoms. The number of aliphatic imine (C=N–C) groups is 1. The molecule has 1 rings (SSSR count). The zero-order valence-electron chi connectivity index (χ0n) is 10.0. The summed E-state index contributed by atoms with van der Waals surface area (Å²) in [4.78, 5) is 4.11. The molecule has 0 spiro atoms. The molecule has 17 heavy (non-hydrogen) atoms. The van der Waals surface area contributed by atoms with Gasteiger partial charge in [-0.2, -0.15) is 0 Å². The first-order valence-corrected chi connectivity index (χ1v) is 6.04. The van der Waals surface area contributed by atoms with Gasteiger partial charge >= 0.3 is 0 Å². The second kappa shape index (κ2) is 6.20. The quantitative estimate of drug-likeness (QED) is 0.641. The Morgan fingerprint density at radius 3 is 2.59 bits per heavy atom. The minimum atomic E-state index is -0.384. The summed E-state index contributed by atoms with van der Waals surface area (Å²) in [5.74, 6) is 0. The van der Waals surface area contributed by atoms with E-state index in [1.54, 1.807) is 13.1 Å². The van der Waals surface area contributed by atoms with Gasteiger partial charge in [-0.15, -0.1) is 6.58 Å². The van der Waals surface area contributed by atoms with Crippen LogP contribution in [-0.4, -0.2) is 20.3 Å². The van der Waals surface area contributed by atoms with Crippen LogP contribution in [0.25, 0.3) is 0 Å². The van der Waals surface area contributed by atoms with Gasteiger partial charge in [0, 0.05) is 13.3 Å². The Bertz CT molecular complexity index is 429. The van der Waals surface area contributed by atoms with Crippen LogP contribution >= 0.6 is 23.2 Å². The molecule has 0 fully saturated rings. The fourth-order valence-corrected chi connectivity index (χ4v) is 2.08. The van der Waals surface area contributed by atoms with Gasteiger partial charge in [-0.05, 0) is 31.2 Å². The zero-order chi connectivity index (χ0) is 12.9. The first-order chi connectivity index (χ1) is 8.09. The van der Waals surface area contributed by atoms with E-state index >= 15 is 0 Å². The normalized spacial score (nSPS) is 14.8. The zero-order valence-corrected chi connectivity index (χ0v) is 11.5. The lowest BCUT2D eigenvalue weighted by Gasteiger charge is -2.29. The predicted molar refractivity (Wildman–Crippen MR) is 76.4 cm³/mol. The van der Waals surface area contributed by atoms with Gasteiger partial charge in [0.25, 0.3) is 0 Å². The van der Waals surface area contributed by atoms with Crippen LogP contribution in [0.3, 0.4) is 0 Å². The first-order valence-electron chi connectivity index (χ1n) is 5.28. The van der Waals surface area contributed by atoms with Crippen LogP contribution in [0.15, 0.2) is 35.8 Å². The lowest BCUT2D eigenvalue weighted by Crippen LogP contribution is -2.41. The number of hydrogen-bond donors (Lipinski definition) is 1. The van der Waals surface area contributed by atoms with Gasteiger partial charge in [-0.25, -0.2) is 0 Å². The molecule has 1 aromatic carbocycles. The minimum Gasteiger partial charge on any atom is -0.306 e. The number of hydrogen-bond acceptors (Lipinski definition) is 2. The van der Waals surface area contributed by atoms with Crippen LogP contribution < -0.4 is 5.32 Å². The van der Waals surface area contributed by atoms with E-state index in [9.17, 15) is 0 Å². The third-order valence-corrected chi connectivity index (χ3v) is 3.44. The Kier molecular flexibility index (Phi) is 5.19. The minimum absolute atomic E-state index is 0.384.